The molecule has 0 unspecified atom stereocenters. The molecule has 0 aromatic rings. The van der Waals surface area contributed by atoms with Gasteiger partial charge in [0.05, 0.1) is 6.10 Å². The largest absolute Gasteiger partial charge is 0.392 e. The number of hydrogen-bond acceptors (Lipinski definition) is 3. The third-order valence-electron chi connectivity index (χ3n) is 2.56. The molecule has 3 heteroatoms. The van der Waals surface area contributed by atoms with Gasteiger partial charge in [-0.3, -0.25) is 0 Å². The molecule has 0 spiro atoms. The lowest BCUT2D eigenvalue weighted by Gasteiger charge is -2.15. The van der Waals surface area contributed by atoms with Gasteiger partial charge in [-0.2, -0.15) is 0 Å². The second-order valence-corrected chi connectivity index (χ2v) is 3.61. The summed E-state index contributed by atoms with van der Waals surface area (Å²) in [4.78, 5) is 0. The molecule has 0 saturated heterocycles. The van der Waals surface area contributed by atoms with Crippen LogP contribution >= 0.6 is 0 Å². The molecular formula is C10H21NO2. The lowest BCUT2D eigenvalue weighted by molar-refractivity contribution is 0.132. The Morgan fingerprint density at radius 1 is 1.46 bits per heavy atom. The highest BCUT2D eigenvalue weighted by Gasteiger charge is 2.23. The Labute approximate surface area is 80.5 Å². The first-order valence-electron chi connectivity index (χ1n) is 5.33. The highest BCUT2D eigenvalue weighted by Crippen LogP contribution is 2.18. The summed E-state index contributed by atoms with van der Waals surface area (Å²) in [6, 6.07) is 0.335. The van der Waals surface area contributed by atoms with Crippen LogP contribution in [0.4, 0.5) is 0 Å². The standard InChI is InChI=1S/C10H21NO2/c1-2-13-8-4-7-11-9-5-3-6-10(9)12/h9-12H,2-8H2,1H3/t9-,10-/m1/s1. The summed E-state index contributed by atoms with van der Waals surface area (Å²) in [6.45, 7) is 4.59. The molecule has 0 aromatic carbocycles. The summed E-state index contributed by atoms with van der Waals surface area (Å²) in [5.41, 5.74) is 0. The molecule has 0 bridgehead atoms. The van der Waals surface area contributed by atoms with Gasteiger partial charge in [-0.25, -0.2) is 0 Å². The first-order valence-corrected chi connectivity index (χ1v) is 5.33. The summed E-state index contributed by atoms with van der Waals surface area (Å²) in [7, 11) is 0. The van der Waals surface area contributed by atoms with Gasteiger partial charge in [0.1, 0.15) is 0 Å². The quantitative estimate of drug-likeness (QED) is 0.607. The minimum atomic E-state index is -0.118. The van der Waals surface area contributed by atoms with Crippen LogP contribution in [-0.4, -0.2) is 37.0 Å². The molecule has 13 heavy (non-hydrogen) atoms. The first kappa shape index (κ1) is 11.0. The number of aliphatic hydroxyl groups is 1. The van der Waals surface area contributed by atoms with Gasteiger partial charge >= 0.3 is 0 Å². The first-order chi connectivity index (χ1) is 6.34. The molecule has 3 nitrogen and oxygen atoms in total. The lowest BCUT2D eigenvalue weighted by Crippen LogP contribution is -2.36. The molecule has 1 aliphatic carbocycles. The minimum absolute atomic E-state index is 0.118. The predicted molar refractivity (Wildman–Crippen MR) is 52.8 cm³/mol. The van der Waals surface area contributed by atoms with Crippen LogP contribution in [0.15, 0.2) is 0 Å². The molecule has 0 radical (unpaired) electrons. The van der Waals surface area contributed by atoms with E-state index in [1.807, 2.05) is 6.92 Å². The zero-order valence-electron chi connectivity index (χ0n) is 8.46. The van der Waals surface area contributed by atoms with E-state index in [-0.39, 0.29) is 6.10 Å². The van der Waals surface area contributed by atoms with Crippen LogP contribution in [-0.2, 0) is 4.74 Å². The van der Waals surface area contributed by atoms with Crippen LogP contribution in [0, 0.1) is 0 Å². The third kappa shape index (κ3) is 4.07. The topological polar surface area (TPSA) is 41.5 Å². The van der Waals surface area contributed by atoms with Crippen LogP contribution in [0.2, 0.25) is 0 Å². The van der Waals surface area contributed by atoms with Crippen molar-refractivity contribution in [3.63, 3.8) is 0 Å². The highest BCUT2D eigenvalue weighted by atomic mass is 16.5. The van der Waals surface area contributed by atoms with Crippen molar-refractivity contribution >= 4 is 0 Å². The summed E-state index contributed by atoms with van der Waals surface area (Å²) in [6.07, 6.45) is 4.16. The predicted octanol–water partition coefficient (Wildman–Crippen LogP) is 0.916. The van der Waals surface area contributed by atoms with E-state index in [0.29, 0.717) is 6.04 Å². The molecule has 2 atom stereocenters. The zero-order valence-corrected chi connectivity index (χ0v) is 8.46. The molecule has 1 saturated carbocycles. The highest BCUT2D eigenvalue weighted by molar-refractivity contribution is 4.82. The molecule has 0 amide bonds. The maximum absolute atomic E-state index is 9.50. The normalized spacial score (nSPS) is 28.2. The van der Waals surface area contributed by atoms with Crippen LogP contribution in [0.3, 0.4) is 0 Å². The summed E-state index contributed by atoms with van der Waals surface area (Å²) in [5, 5.41) is 12.9. The van der Waals surface area contributed by atoms with Gasteiger partial charge in [0, 0.05) is 19.3 Å². The molecule has 1 aliphatic rings. The number of aliphatic hydroxyl groups excluding tert-OH is 1. The monoisotopic (exact) mass is 187 g/mol. The van der Waals surface area contributed by atoms with E-state index in [2.05, 4.69) is 5.32 Å². The van der Waals surface area contributed by atoms with Crippen LogP contribution < -0.4 is 5.32 Å². The van der Waals surface area contributed by atoms with Gasteiger partial charge < -0.3 is 15.2 Å². The lowest BCUT2D eigenvalue weighted by atomic mass is 10.2. The van der Waals surface area contributed by atoms with Crippen LogP contribution in [0.5, 0.6) is 0 Å². The Hall–Kier alpha value is -0.120. The molecule has 0 aromatic heterocycles. The van der Waals surface area contributed by atoms with Crippen molar-refractivity contribution in [3.8, 4) is 0 Å². The number of rotatable bonds is 6. The van der Waals surface area contributed by atoms with E-state index in [4.69, 9.17) is 4.74 Å². The molecule has 0 aliphatic heterocycles. The second-order valence-electron chi connectivity index (χ2n) is 3.61. The average molecular weight is 187 g/mol. The van der Waals surface area contributed by atoms with Gasteiger partial charge in [0.2, 0.25) is 0 Å². The summed E-state index contributed by atoms with van der Waals surface area (Å²) < 4.78 is 5.22. The van der Waals surface area contributed by atoms with Gasteiger partial charge in [-0.1, -0.05) is 0 Å². The van der Waals surface area contributed by atoms with Gasteiger partial charge in [0.15, 0.2) is 0 Å². The Bertz CT molecular complexity index is 130. The van der Waals surface area contributed by atoms with E-state index >= 15 is 0 Å². The minimum Gasteiger partial charge on any atom is -0.392 e. The van der Waals surface area contributed by atoms with Crippen molar-refractivity contribution in [2.45, 2.75) is 44.8 Å². The number of ether oxygens (including phenoxy) is 1. The van der Waals surface area contributed by atoms with Crippen molar-refractivity contribution in [1.82, 2.24) is 5.32 Å². The molecular weight excluding hydrogens is 166 g/mol. The fourth-order valence-corrected chi connectivity index (χ4v) is 1.78. The Kier molecular flexibility index (Phi) is 5.35. The number of hydrogen-bond donors (Lipinski definition) is 2. The Morgan fingerprint density at radius 3 is 2.92 bits per heavy atom. The SMILES string of the molecule is CCOCCCN[C@@H]1CCC[C@H]1O. The van der Waals surface area contributed by atoms with Crippen molar-refractivity contribution in [3.05, 3.63) is 0 Å². The smallest absolute Gasteiger partial charge is 0.0693 e. The van der Waals surface area contributed by atoms with Crippen LogP contribution in [0.1, 0.15) is 32.6 Å². The fourth-order valence-electron chi connectivity index (χ4n) is 1.78. The van der Waals surface area contributed by atoms with E-state index < -0.39 is 0 Å². The molecule has 0 heterocycles. The van der Waals surface area contributed by atoms with Gasteiger partial charge in [-0.05, 0) is 39.2 Å². The van der Waals surface area contributed by atoms with Crippen molar-refractivity contribution in [2.75, 3.05) is 19.8 Å². The maximum atomic E-state index is 9.50. The molecule has 2 N–H and O–H groups in total. The number of nitrogens with one attached hydrogen (secondary N) is 1. The van der Waals surface area contributed by atoms with Crippen molar-refractivity contribution < 1.29 is 9.84 Å². The van der Waals surface area contributed by atoms with Crippen molar-refractivity contribution in [2.24, 2.45) is 0 Å². The second kappa shape index (κ2) is 6.35. The van der Waals surface area contributed by atoms with Crippen molar-refractivity contribution in [1.29, 1.82) is 0 Å². The Balaban J connectivity index is 1.93. The van der Waals surface area contributed by atoms with Gasteiger partial charge in [0.25, 0.3) is 0 Å². The van der Waals surface area contributed by atoms with E-state index in [1.165, 1.54) is 0 Å². The average Bonchev–Trinajstić information content (AvgIpc) is 2.52. The molecule has 1 rings (SSSR count). The van der Waals surface area contributed by atoms with Crippen LogP contribution in [0.25, 0.3) is 0 Å². The third-order valence-corrected chi connectivity index (χ3v) is 2.56. The zero-order chi connectivity index (χ0) is 9.52. The van der Waals surface area contributed by atoms with E-state index in [9.17, 15) is 5.11 Å². The van der Waals surface area contributed by atoms with Gasteiger partial charge in [-0.15, -0.1) is 0 Å². The Morgan fingerprint density at radius 2 is 2.31 bits per heavy atom. The summed E-state index contributed by atoms with van der Waals surface area (Å²) in [5.74, 6) is 0. The molecule has 78 valence electrons. The summed E-state index contributed by atoms with van der Waals surface area (Å²) >= 11 is 0. The maximum Gasteiger partial charge on any atom is 0.0693 e. The van der Waals surface area contributed by atoms with E-state index in [1.54, 1.807) is 0 Å². The fraction of sp³-hybridized carbons (Fsp3) is 1.00. The molecule has 1 fully saturated rings. The van der Waals surface area contributed by atoms with E-state index in [0.717, 1.165) is 45.4 Å².